The van der Waals surface area contributed by atoms with Gasteiger partial charge in [0.15, 0.2) is 0 Å². The fraction of sp³-hybridized carbons (Fsp3) is 0.323. The van der Waals surface area contributed by atoms with Crippen molar-refractivity contribution in [1.29, 1.82) is 0 Å². The van der Waals surface area contributed by atoms with E-state index in [1.54, 1.807) is 48.7 Å². The summed E-state index contributed by atoms with van der Waals surface area (Å²) in [4.78, 5) is 36.0. The number of para-hydroxylation sites is 1. The fourth-order valence-corrected chi connectivity index (χ4v) is 5.71. The summed E-state index contributed by atoms with van der Waals surface area (Å²) in [6.45, 7) is 6.87. The van der Waals surface area contributed by atoms with Crippen molar-refractivity contribution in [2.24, 2.45) is 11.3 Å². The average Bonchev–Trinajstić information content (AvgIpc) is 3.26. The molecule has 7 nitrogen and oxygen atoms in total. The maximum absolute atomic E-state index is 13.7. The highest BCUT2D eigenvalue weighted by Gasteiger charge is 2.59. The lowest BCUT2D eigenvalue weighted by Gasteiger charge is -2.23. The van der Waals surface area contributed by atoms with Crippen LogP contribution in [0.2, 0.25) is 0 Å². The topological polar surface area (TPSA) is 87.3 Å². The van der Waals surface area contributed by atoms with Crippen molar-refractivity contribution in [2.45, 2.75) is 39.7 Å². The molecule has 5 rings (SSSR count). The summed E-state index contributed by atoms with van der Waals surface area (Å²) in [6, 6.07) is 19.3. The standard InChI is InChI=1S/C31H34N4O3/c1-20-29(24-9-5-6-10-26(24)33-20)30-25(31(30,2)3)16-28(37)35(18-21-8-7-15-32-17-21)19-27(36)34-22-11-13-23(38-4)14-12-22/h5-15,17,25,30,33H,16,18-19H2,1-4H3,(H,34,36)/t25-,30+/m0/s1. The van der Waals surface area contributed by atoms with Crippen molar-refractivity contribution in [3.8, 4) is 5.75 Å². The Labute approximate surface area is 223 Å². The van der Waals surface area contributed by atoms with E-state index in [9.17, 15) is 9.59 Å². The number of ether oxygens (including phenoxy) is 1. The first-order valence-electron chi connectivity index (χ1n) is 13.0. The minimum atomic E-state index is -0.244. The second-order valence-electron chi connectivity index (χ2n) is 10.7. The van der Waals surface area contributed by atoms with E-state index in [1.807, 2.05) is 18.2 Å². The third kappa shape index (κ3) is 5.14. The summed E-state index contributed by atoms with van der Waals surface area (Å²) < 4.78 is 5.19. The molecule has 7 heteroatoms. The number of carbonyl (C=O) groups excluding carboxylic acids is 2. The number of benzene rings is 2. The van der Waals surface area contributed by atoms with Gasteiger partial charge in [-0.1, -0.05) is 38.1 Å². The van der Waals surface area contributed by atoms with Crippen molar-refractivity contribution in [1.82, 2.24) is 14.9 Å². The van der Waals surface area contributed by atoms with E-state index in [0.29, 0.717) is 24.4 Å². The van der Waals surface area contributed by atoms with E-state index in [4.69, 9.17) is 4.74 Å². The lowest BCUT2D eigenvalue weighted by Crippen LogP contribution is -2.38. The van der Waals surface area contributed by atoms with Crippen LogP contribution in [0.4, 0.5) is 5.69 Å². The smallest absolute Gasteiger partial charge is 0.244 e. The van der Waals surface area contributed by atoms with E-state index in [-0.39, 0.29) is 35.6 Å². The molecule has 0 unspecified atom stereocenters. The molecule has 0 aliphatic heterocycles. The maximum atomic E-state index is 13.7. The molecule has 1 fully saturated rings. The van der Waals surface area contributed by atoms with Gasteiger partial charge in [0.1, 0.15) is 12.3 Å². The van der Waals surface area contributed by atoms with Crippen molar-refractivity contribution in [3.05, 3.63) is 89.9 Å². The Morgan fingerprint density at radius 1 is 1.08 bits per heavy atom. The summed E-state index contributed by atoms with van der Waals surface area (Å²) in [7, 11) is 1.60. The van der Waals surface area contributed by atoms with Gasteiger partial charge in [0, 0.05) is 47.6 Å². The number of nitrogens with zero attached hydrogens (tertiary/aromatic N) is 2. The van der Waals surface area contributed by atoms with Gasteiger partial charge in [0.2, 0.25) is 11.8 Å². The molecule has 196 valence electrons. The van der Waals surface area contributed by atoms with Gasteiger partial charge in [-0.3, -0.25) is 14.6 Å². The summed E-state index contributed by atoms with van der Waals surface area (Å²) in [5, 5.41) is 4.13. The number of hydrogen-bond donors (Lipinski definition) is 2. The second-order valence-corrected chi connectivity index (χ2v) is 10.7. The predicted molar refractivity (Wildman–Crippen MR) is 149 cm³/mol. The first-order valence-corrected chi connectivity index (χ1v) is 13.0. The molecule has 1 aliphatic rings. The van der Waals surface area contributed by atoms with Crippen LogP contribution in [0.25, 0.3) is 10.9 Å². The zero-order chi connectivity index (χ0) is 26.9. The number of pyridine rings is 1. The Morgan fingerprint density at radius 3 is 2.55 bits per heavy atom. The average molecular weight is 511 g/mol. The zero-order valence-corrected chi connectivity index (χ0v) is 22.3. The minimum Gasteiger partial charge on any atom is -0.497 e. The highest BCUT2D eigenvalue weighted by atomic mass is 16.5. The first-order chi connectivity index (χ1) is 18.3. The van der Waals surface area contributed by atoms with Crippen LogP contribution >= 0.6 is 0 Å². The highest BCUT2D eigenvalue weighted by molar-refractivity contribution is 5.94. The number of rotatable bonds is 9. The normalized spacial score (nSPS) is 17.7. The summed E-state index contributed by atoms with van der Waals surface area (Å²) in [6.07, 6.45) is 3.82. The van der Waals surface area contributed by atoms with Gasteiger partial charge in [0.25, 0.3) is 0 Å². The highest BCUT2D eigenvalue weighted by Crippen LogP contribution is 2.67. The Morgan fingerprint density at radius 2 is 1.84 bits per heavy atom. The maximum Gasteiger partial charge on any atom is 0.244 e. The van der Waals surface area contributed by atoms with E-state index in [0.717, 1.165) is 16.8 Å². The van der Waals surface area contributed by atoms with Crippen LogP contribution in [0.3, 0.4) is 0 Å². The van der Waals surface area contributed by atoms with Gasteiger partial charge >= 0.3 is 0 Å². The molecule has 0 radical (unpaired) electrons. The van der Waals surface area contributed by atoms with Crippen LogP contribution in [-0.4, -0.2) is 40.3 Å². The molecule has 2 heterocycles. The van der Waals surface area contributed by atoms with Gasteiger partial charge in [-0.2, -0.15) is 0 Å². The number of carbonyl (C=O) groups is 2. The van der Waals surface area contributed by atoms with Crippen LogP contribution in [0.1, 0.15) is 43.0 Å². The third-order valence-corrected chi connectivity index (χ3v) is 7.86. The number of aromatic nitrogens is 2. The van der Waals surface area contributed by atoms with Gasteiger partial charge < -0.3 is 19.9 Å². The number of methoxy groups -OCH3 is 1. The van der Waals surface area contributed by atoms with Gasteiger partial charge in [-0.05, 0) is 71.7 Å². The number of H-pyrrole nitrogens is 1. The number of hydrogen-bond acceptors (Lipinski definition) is 4. The lowest BCUT2D eigenvalue weighted by atomic mass is 10.0. The molecule has 2 aromatic carbocycles. The van der Waals surface area contributed by atoms with E-state index >= 15 is 0 Å². The lowest BCUT2D eigenvalue weighted by molar-refractivity contribution is -0.135. The number of fused-ring (bicyclic) bond motifs is 1. The fourth-order valence-electron chi connectivity index (χ4n) is 5.71. The Bertz CT molecular complexity index is 1440. The van der Waals surface area contributed by atoms with Crippen molar-refractivity contribution in [3.63, 3.8) is 0 Å². The number of aryl methyl sites for hydroxylation is 1. The minimum absolute atomic E-state index is 0.0172. The second kappa shape index (κ2) is 10.3. The summed E-state index contributed by atoms with van der Waals surface area (Å²) in [5.74, 6) is 0.900. The van der Waals surface area contributed by atoms with Crippen LogP contribution in [-0.2, 0) is 16.1 Å². The Hall–Kier alpha value is -4.13. The van der Waals surface area contributed by atoms with E-state index < -0.39 is 0 Å². The van der Waals surface area contributed by atoms with Crippen LogP contribution in [0.5, 0.6) is 5.75 Å². The Kier molecular flexibility index (Phi) is 6.93. The van der Waals surface area contributed by atoms with Crippen LogP contribution in [0.15, 0.2) is 73.1 Å². The summed E-state index contributed by atoms with van der Waals surface area (Å²) >= 11 is 0. The van der Waals surface area contributed by atoms with Crippen molar-refractivity contribution >= 4 is 28.4 Å². The molecule has 1 aliphatic carbocycles. The zero-order valence-electron chi connectivity index (χ0n) is 22.3. The molecule has 2 aromatic heterocycles. The SMILES string of the molecule is COc1ccc(NC(=O)CN(Cc2cccnc2)C(=O)C[C@H]2[C@H](c3c(C)[nH]c4ccccc34)C2(C)C)cc1. The third-order valence-electron chi connectivity index (χ3n) is 7.86. The van der Waals surface area contributed by atoms with Crippen LogP contribution in [0, 0.1) is 18.3 Å². The molecule has 2 N–H and O–H groups in total. The number of aromatic amines is 1. The summed E-state index contributed by atoms with van der Waals surface area (Å²) in [5.41, 5.74) is 5.11. The van der Waals surface area contributed by atoms with Gasteiger partial charge in [-0.15, -0.1) is 0 Å². The van der Waals surface area contributed by atoms with Gasteiger partial charge in [-0.25, -0.2) is 0 Å². The van der Waals surface area contributed by atoms with Crippen LogP contribution < -0.4 is 10.1 Å². The quantitative estimate of drug-likeness (QED) is 0.303. The Balaban J connectivity index is 1.33. The predicted octanol–water partition coefficient (Wildman–Crippen LogP) is 5.68. The molecule has 38 heavy (non-hydrogen) atoms. The molecule has 0 spiro atoms. The molecule has 2 atom stereocenters. The molecular formula is C31H34N4O3. The molecule has 0 bridgehead atoms. The molecule has 2 amide bonds. The molecule has 1 saturated carbocycles. The molecule has 4 aromatic rings. The van der Waals surface area contributed by atoms with Gasteiger partial charge in [0.05, 0.1) is 7.11 Å². The number of amides is 2. The van der Waals surface area contributed by atoms with Crippen molar-refractivity contribution in [2.75, 3.05) is 19.0 Å². The number of anilines is 1. The molecule has 0 saturated heterocycles. The van der Waals surface area contributed by atoms with Crippen molar-refractivity contribution < 1.29 is 14.3 Å². The largest absolute Gasteiger partial charge is 0.497 e. The molecular weight excluding hydrogens is 476 g/mol. The first kappa shape index (κ1) is 25.5. The number of nitrogens with one attached hydrogen (secondary N) is 2. The monoisotopic (exact) mass is 510 g/mol. The van der Waals surface area contributed by atoms with E-state index in [1.165, 1.54) is 10.9 Å². The van der Waals surface area contributed by atoms with E-state index in [2.05, 4.69) is 54.3 Å².